The number of aromatic nitrogens is 2. The fourth-order valence-corrected chi connectivity index (χ4v) is 9.76. The zero-order valence-electron chi connectivity index (χ0n) is 27.7. The molecule has 0 saturated carbocycles. The van der Waals surface area contributed by atoms with Crippen molar-refractivity contribution in [1.29, 1.82) is 0 Å². The van der Waals surface area contributed by atoms with Gasteiger partial charge in [0, 0.05) is 75.3 Å². The molecular weight excluding hydrogens is 675 g/mol. The lowest BCUT2D eigenvalue weighted by Gasteiger charge is -2.25. The molecule has 0 N–H and O–H groups in total. The van der Waals surface area contributed by atoms with Crippen LogP contribution in [-0.2, 0) is 0 Å². The third kappa shape index (κ3) is 4.58. The smallest absolute Gasteiger partial charge is 0.161 e. The van der Waals surface area contributed by atoms with Crippen molar-refractivity contribution < 1.29 is 4.42 Å². The number of hydrogen-bond acceptors (Lipinski definition) is 6. The van der Waals surface area contributed by atoms with Gasteiger partial charge in [-0.2, -0.15) is 0 Å². The molecule has 7 aromatic carbocycles. The second-order valence-electron chi connectivity index (χ2n) is 12.9. The Bertz CT molecular complexity index is 3140. The lowest BCUT2D eigenvalue weighted by atomic mass is 10.0. The Morgan fingerprint density at radius 3 is 2.00 bits per heavy atom. The van der Waals surface area contributed by atoms with Crippen LogP contribution in [0.2, 0.25) is 0 Å². The first-order valence-corrected chi connectivity index (χ1v) is 18.9. The molecule has 0 aliphatic rings. The average molecular weight is 702 g/mol. The van der Waals surface area contributed by atoms with Gasteiger partial charge in [-0.05, 0) is 60.7 Å². The van der Waals surface area contributed by atoms with Crippen molar-refractivity contribution in [3.8, 4) is 22.6 Å². The first kappa shape index (κ1) is 29.4. The zero-order chi connectivity index (χ0) is 34.2. The first-order chi connectivity index (χ1) is 25.8. The Morgan fingerprint density at radius 1 is 0.462 bits per heavy atom. The second kappa shape index (κ2) is 11.6. The molecule has 0 spiro atoms. The first-order valence-electron chi connectivity index (χ1n) is 17.2. The van der Waals surface area contributed by atoms with Crippen LogP contribution in [-0.4, -0.2) is 9.97 Å². The van der Waals surface area contributed by atoms with Gasteiger partial charge < -0.3 is 9.32 Å². The number of fused-ring (bicyclic) bond motifs is 9. The third-order valence-electron chi connectivity index (χ3n) is 9.88. The van der Waals surface area contributed by atoms with Crippen molar-refractivity contribution in [2.24, 2.45) is 0 Å². The number of benzene rings is 7. The summed E-state index contributed by atoms with van der Waals surface area (Å²) >= 11 is 3.58. The molecule has 0 bridgehead atoms. The van der Waals surface area contributed by atoms with Crippen LogP contribution in [0, 0.1) is 0 Å². The van der Waals surface area contributed by atoms with E-state index in [-0.39, 0.29) is 0 Å². The Morgan fingerprint density at radius 2 is 1.15 bits per heavy atom. The summed E-state index contributed by atoms with van der Waals surface area (Å²) in [7, 11) is 0. The van der Waals surface area contributed by atoms with E-state index in [2.05, 4.69) is 150 Å². The highest BCUT2D eigenvalue weighted by Crippen LogP contribution is 2.44. The fourth-order valence-electron chi connectivity index (χ4n) is 7.52. The predicted octanol–water partition coefficient (Wildman–Crippen LogP) is 13.9. The topological polar surface area (TPSA) is 42.2 Å². The average Bonchev–Trinajstić information content (AvgIpc) is 3.89. The molecule has 0 fully saturated rings. The second-order valence-corrected chi connectivity index (χ2v) is 15.1. The summed E-state index contributed by atoms with van der Waals surface area (Å²) in [6.07, 6.45) is 0. The fraction of sp³-hybridized carbons (Fsp3) is 0. The lowest BCUT2D eigenvalue weighted by Crippen LogP contribution is -2.09. The molecule has 0 aliphatic carbocycles. The van der Waals surface area contributed by atoms with Gasteiger partial charge in [0.15, 0.2) is 5.82 Å². The molecule has 4 heterocycles. The molecule has 52 heavy (non-hydrogen) atoms. The van der Waals surface area contributed by atoms with E-state index in [0.717, 1.165) is 71.4 Å². The van der Waals surface area contributed by atoms with Crippen LogP contribution < -0.4 is 4.90 Å². The van der Waals surface area contributed by atoms with Gasteiger partial charge >= 0.3 is 0 Å². The Hall–Kier alpha value is -6.34. The van der Waals surface area contributed by atoms with E-state index < -0.39 is 0 Å². The van der Waals surface area contributed by atoms with E-state index in [1.165, 1.54) is 24.9 Å². The van der Waals surface area contributed by atoms with E-state index in [1.807, 2.05) is 29.5 Å². The minimum absolute atomic E-state index is 0.689. The quantitative estimate of drug-likeness (QED) is 0.179. The summed E-state index contributed by atoms with van der Waals surface area (Å²) in [6, 6.07) is 57.6. The summed E-state index contributed by atoms with van der Waals surface area (Å²) < 4.78 is 11.6. The van der Waals surface area contributed by atoms with Crippen LogP contribution in [0.25, 0.3) is 85.1 Å². The van der Waals surface area contributed by atoms with Gasteiger partial charge in [-0.25, -0.2) is 9.97 Å². The molecule has 0 radical (unpaired) electrons. The minimum atomic E-state index is 0.689. The number of para-hydroxylation sites is 1. The van der Waals surface area contributed by atoms with Gasteiger partial charge in [0.25, 0.3) is 0 Å². The highest BCUT2D eigenvalue weighted by atomic mass is 32.1. The minimum Gasteiger partial charge on any atom is -0.456 e. The van der Waals surface area contributed by atoms with E-state index in [0.29, 0.717) is 5.82 Å². The van der Waals surface area contributed by atoms with Crippen molar-refractivity contribution in [3.05, 3.63) is 164 Å². The molecule has 0 amide bonds. The van der Waals surface area contributed by atoms with E-state index in [9.17, 15) is 0 Å². The Balaban J connectivity index is 1.11. The summed E-state index contributed by atoms with van der Waals surface area (Å²) in [5, 5.41) is 5.73. The van der Waals surface area contributed by atoms with Crippen LogP contribution in [0.1, 0.15) is 0 Å². The molecule has 0 saturated heterocycles. The maximum absolute atomic E-state index is 6.67. The predicted molar refractivity (Wildman–Crippen MR) is 221 cm³/mol. The highest BCUT2D eigenvalue weighted by molar-refractivity contribution is 7.26. The Kier molecular flexibility index (Phi) is 6.56. The third-order valence-corrected chi connectivity index (χ3v) is 12.2. The SMILES string of the molecule is c1ccc(-c2nc(-c3cccc4oc5cc(N(c6ccccc6)c6ccc7sc8ccccc8c7c6)ccc5c34)nc3c2sc2ccccc23)cc1. The van der Waals surface area contributed by atoms with Crippen molar-refractivity contribution in [2.45, 2.75) is 0 Å². The van der Waals surface area contributed by atoms with Gasteiger partial charge in [-0.3, -0.25) is 0 Å². The van der Waals surface area contributed by atoms with Gasteiger partial charge in [0.1, 0.15) is 11.2 Å². The van der Waals surface area contributed by atoms with Crippen molar-refractivity contribution >= 4 is 102 Å². The monoisotopic (exact) mass is 701 g/mol. The number of anilines is 3. The van der Waals surface area contributed by atoms with E-state index >= 15 is 0 Å². The molecule has 11 rings (SSSR count). The molecule has 244 valence electrons. The highest BCUT2D eigenvalue weighted by Gasteiger charge is 2.21. The number of hydrogen-bond donors (Lipinski definition) is 0. The molecule has 6 heteroatoms. The molecule has 0 aliphatic heterocycles. The summed E-state index contributed by atoms with van der Waals surface area (Å²) in [5.41, 5.74) is 8.77. The van der Waals surface area contributed by atoms with Gasteiger partial charge in [0.2, 0.25) is 0 Å². The van der Waals surface area contributed by atoms with Gasteiger partial charge in [-0.15, -0.1) is 22.7 Å². The molecule has 4 aromatic heterocycles. The Labute approximate surface area is 306 Å². The van der Waals surface area contributed by atoms with Crippen molar-refractivity contribution in [3.63, 3.8) is 0 Å². The molecular formula is C46H27N3OS2. The maximum atomic E-state index is 6.67. The van der Waals surface area contributed by atoms with Crippen LogP contribution in [0.15, 0.2) is 168 Å². The van der Waals surface area contributed by atoms with E-state index in [4.69, 9.17) is 14.4 Å². The molecule has 11 aromatic rings. The maximum Gasteiger partial charge on any atom is 0.161 e. The van der Waals surface area contributed by atoms with Crippen LogP contribution in [0.5, 0.6) is 0 Å². The van der Waals surface area contributed by atoms with E-state index in [1.54, 1.807) is 11.3 Å². The van der Waals surface area contributed by atoms with Crippen LogP contribution in [0.4, 0.5) is 17.1 Å². The lowest BCUT2D eigenvalue weighted by molar-refractivity contribution is 0.669. The summed E-state index contributed by atoms with van der Waals surface area (Å²) in [5.74, 6) is 0.689. The number of rotatable bonds is 5. The molecule has 4 nitrogen and oxygen atoms in total. The number of thiophene rings is 2. The van der Waals surface area contributed by atoms with Crippen LogP contribution >= 0.6 is 22.7 Å². The zero-order valence-corrected chi connectivity index (χ0v) is 29.3. The molecule has 0 atom stereocenters. The number of furan rings is 1. The number of nitrogens with zero attached hydrogens (tertiary/aromatic N) is 3. The summed E-state index contributed by atoms with van der Waals surface area (Å²) in [6.45, 7) is 0. The standard InChI is InChI=1S/C46H27N3OS2/c1-3-12-28(13-4-1)43-45-44(34-17-8-10-21-40(34)52-45)48-46(47-43)35-18-11-19-37-42(35)33-24-22-31(27-38(33)50-37)49(29-14-5-2-6-15-29)30-23-25-41-36(26-30)32-16-7-9-20-39(32)51-41/h1-27H. The van der Waals surface area contributed by atoms with Crippen molar-refractivity contribution in [2.75, 3.05) is 4.90 Å². The largest absolute Gasteiger partial charge is 0.456 e. The normalized spacial score (nSPS) is 11.8. The summed E-state index contributed by atoms with van der Waals surface area (Å²) in [4.78, 5) is 12.9. The van der Waals surface area contributed by atoms with Gasteiger partial charge in [0.05, 0.1) is 15.9 Å². The van der Waals surface area contributed by atoms with Crippen LogP contribution in [0.3, 0.4) is 0 Å². The van der Waals surface area contributed by atoms with Gasteiger partial charge in [-0.1, -0.05) is 97.1 Å². The van der Waals surface area contributed by atoms with Crippen molar-refractivity contribution in [1.82, 2.24) is 9.97 Å². The molecule has 0 unspecified atom stereocenters.